The van der Waals surface area contributed by atoms with Crippen LogP contribution in [0.25, 0.3) is 0 Å². The van der Waals surface area contributed by atoms with Gasteiger partial charge < -0.3 is 21.3 Å². The maximum Gasteiger partial charge on any atom is 0.314 e. The van der Waals surface area contributed by atoms with Crippen molar-refractivity contribution in [3.05, 3.63) is 56.6 Å². The molecule has 33 heavy (non-hydrogen) atoms. The van der Waals surface area contributed by atoms with Gasteiger partial charge in [0.05, 0.1) is 32.6 Å². The molecule has 0 bridgehead atoms. The molecule has 0 atom stereocenters. The zero-order valence-corrected chi connectivity index (χ0v) is 17.1. The number of amides is 4. The van der Waals surface area contributed by atoms with E-state index in [0.29, 0.717) is 0 Å². The van der Waals surface area contributed by atoms with Crippen molar-refractivity contribution in [2.45, 2.75) is 13.8 Å². The molecule has 170 valence electrons. The number of hydrogen-bond acceptors (Lipinski definition) is 8. The SMILES string of the molecule is CC1(C)C(=O)Nc2ccc([N+](=O)[O-])cc2NC(=O)C(=O)Nc2cc([N+](=O)[O-])ccc2NC1=O. The van der Waals surface area contributed by atoms with Crippen LogP contribution in [0.5, 0.6) is 0 Å². The first-order valence-electron chi connectivity index (χ1n) is 9.22. The van der Waals surface area contributed by atoms with E-state index in [0.717, 1.165) is 36.4 Å². The van der Waals surface area contributed by atoms with Gasteiger partial charge in [-0.1, -0.05) is 0 Å². The Hall–Kier alpha value is -4.88. The Morgan fingerprint density at radius 2 is 1.00 bits per heavy atom. The Morgan fingerprint density at radius 3 is 1.33 bits per heavy atom. The van der Waals surface area contributed by atoms with Gasteiger partial charge in [0, 0.05) is 24.3 Å². The molecule has 0 aliphatic carbocycles. The highest BCUT2D eigenvalue weighted by Gasteiger charge is 2.37. The van der Waals surface area contributed by atoms with Gasteiger partial charge in [-0.15, -0.1) is 0 Å². The van der Waals surface area contributed by atoms with Crippen molar-refractivity contribution >= 4 is 57.8 Å². The standard InChI is InChI=1S/C19H16N6O8/c1-19(2)17(28)22-11-5-3-9(24(30)31)7-13(11)20-15(26)16(27)21-14-8-10(25(32)33)4-6-12(14)23-18(19)29/h3-8H,1-2H3,(H,20,26)(H,21,27)(H,22,28)(H,23,29). The van der Waals surface area contributed by atoms with Crippen LogP contribution in [0.1, 0.15) is 13.8 Å². The quantitative estimate of drug-likeness (QED) is 0.227. The Balaban J connectivity index is 2.14. The van der Waals surface area contributed by atoms with Gasteiger partial charge in [0.25, 0.3) is 11.4 Å². The van der Waals surface area contributed by atoms with Crippen LogP contribution >= 0.6 is 0 Å². The predicted molar refractivity (Wildman–Crippen MR) is 114 cm³/mol. The van der Waals surface area contributed by atoms with Crippen LogP contribution in [-0.4, -0.2) is 33.5 Å². The lowest BCUT2D eigenvalue weighted by molar-refractivity contribution is -0.385. The summed E-state index contributed by atoms with van der Waals surface area (Å²) in [6, 6.07) is 6.24. The van der Waals surface area contributed by atoms with E-state index in [-0.39, 0.29) is 22.7 Å². The van der Waals surface area contributed by atoms with Crippen molar-refractivity contribution in [1.29, 1.82) is 0 Å². The fourth-order valence-corrected chi connectivity index (χ4v) is 2.73. The fraction of sp³-hybridized carbons (Fsp3) is 0.158. The largest absolute Gasteiger partial charge is 0.323 e. The molecule has 0 unspecified atom stereocenters. The number of carbonyl (C=O) groups excluding carboxylic acids is 4. The summed E-state index contributed by atoms with van der Waals surface area (Å²) in [4.78, 5) is 71.3. The van der Waals surface area contributed by atoms with Crippen LogP contribution < -0.4 is 21.3 Å². The molecule has 14 heteroatoms. The number of nitro benzene ring substituents is 2. The number of benzene rings is 2. The normalized spacial score (nSPS) is 15.7. The lowest BCUT2D eigenvalue weighted by Crippen LogP contribution is -2.41. The minimum atomic E-state index is -1.71. The van der Waals surface area contributed by atoms with Crippen molar-refractivity contribution in [1.82, 2.24) is 0 Å². The Labute approximate surface area is 184 Å². The van der Waals surface area contributed by atoms with Crippen molar-refractivity contribution in [3.8, 4) is 0 Å². The predicted octanol–water partition coefficient (Wildman–Crippen LogP) is 2.00. The number of non-ortho nitro benzene ring substituents is 2. The second-order valence-corrected chi connectivity index (χ2v) is 7.42. The molecule has 1 aliphatic heterocycles. The van der Waals surface area contributed by atoms with Gasteiger partial charge >= 0.3 is 11.8 Å². The first kappa shape index (κ1) is 22.8. The minimum Gasteiger partial charge on any atom is -0.323 e. The van der Waals surface area contributed by atoms with Crippen LogP contribution in [0.15, 0.2) is 36.4 Å². The van der Waals surface area contributed by atoms with Gasteiger partial charge in [0.1, 0.15) is 5.41 Å². The van der Waals surface area contributed by atoms with E-state index < -0.39 is 50.3 Å². The summed E-state index contributed by atoms with van der Waals surface area (Å²) in [6.45, 7) is 2.59. The number of nitrogens with zero attached hydrogens (tertiary/aromatic N) is 2. The third kappa shape index (κ3) is 4.58. The third-order valence-corrected chi connectivity index (χ3v) is 4.76. The molecule has 4 amide bonds. The van der Waals surface area contributed by atoms with E-state index in [1.54, 1.807) is 0 Å². The van der Waals surface area contributed by atoms with Gasteiger partial charge in [-0.3, -0.25) is 39.4 Å². The van der Waals surface area contributed by atoms with Gasteiger partial charge in [-0.25, -0.2) is 0 Å². The van der Waals surface area contributed by atoms with E-state index >= 15 is 0 Å². The first-order chi connectivity index (χ1) is 15.4. The number of rotatable bonds is 2. The Kier molecular flexibility index (Phi) is 5.76. The topological polar surface area (TPSA) is 203 Å². The smallest absolute Gasteiger partial charge is 0.314 e. The molecular formula is C19H16N6O8. The maximum absolute atomic E-state index is 12.8. The summed E-state index contributed by atoms with van der Waals surface area (Å²) in [5, 5.41) is 31.4. The van der Waals surface area contributed by atoms with E-state index in [1.165, 1.54) is 13.8 Å². The highest BCUT2D eigenvalue weighted by molar-refractivity contribution is 6.44. The first-order valence-corrected chi connectivity index (χ1v) is 9.22. The number of hydrogen-bond donors (Lipinski definition) is 4. The highest BCUT2D eigenvalue weighted by atomic mass is 16.6. The summed E-state index contributed by atoms with van der Waals surface area (Å²) in [5.41, 5.74) is -3.32. The van der Waals surface area contributed by atoms with Gasteiger partial charge in [-0.2, -0.15) is 0 Å². The monoisotopic (exact) mass is 456 g/mol. The lowest BCUT2D eigenvalue weighted by atomic mass is 9.90. The Bertz CT molecular complexity index is 1150. The van der Waals surface area contributed by atoms with Crippen LogP contribution in [0.3, 0.4) is 0 Å². The van der Waals surface area contributed by atoms with E-state index in [2.05, 4.69) is 21.3 Å². The summed E-state index contributed by atoms with van der Waals surface area (Å²) in [7, 11) is 0. The summed E-state index contributed by atoms with van der Waals surface area (Å²) < 4.78 is 0. The van der Waals surface area contributed by atoms with E-state index in [9.17, 15) is 39.4 Å². The summed E-state index contributed by atoms with van der Waals surface area (Å²) >= 11 is 0. The molecule has 14 nitrogen and oxygen atoms in total. The zero-order valence-electron chi connectivity index (χ0n) is 17.1. The van der Waals surface area contributed by atoms with Crippen molar-refractivity contribution in [2.75, 3.05) is 21.3 Å². The molecule has 1 aliphatic rings. The third-order valence-electron chi connectivity index (χ3n) is 4.76. The summed E-state index contributed by atoms with van der Waals surface area (Å²) in [5.74, 6) is -4.22. The molecule has 0 fully saturated rings. The molecular weight excluding hydrogens is 440 g/mol. The van der Waals surface area contributed by atoms with Crippen LogP contribution in [0.2, 0.25) is 0 Å². The van der Waals surface area contributed by atoms with Crippen molar-refractivity contribution in [3.63, 3.8) is 0 Å². The second kappa shape index (κ2) is 8.33. The molecule has 2 aromatic carbocycles. The van der Waals surface area contributed by atoms with E-state index in [1.807, 2.05) is 0 Å². The van der Waals surface area contributed by atoms with Crippen LogP contribution in [0, 0.1) is 25.6 Å². The highest BCUT2D eigenvalue weighted by Crippen LogP contribution is 2.32. The zero-order chi connectivity index (χ0) is 24.5. The van der Waals surface area contributed by atoms with Gasteiger partial charge in [0.2, 0.25) is 11.8 Å². The number of fused-ring (bicyclic) bond motifs is 2. The van der Waals surface area contributed by atoms with Crippen molar-refractivity contribution in [2.24, 2.45) is 5.41 Å². The molecule has 4 N–H and O–H groups in total. The summed E-state index contributed by atoms with van der Waals surface area (Å²) in [6.07, 6.45) is 0. The number of nitrogens with one attached hydrogen (secondary N) is 4. The molecule has 1 heterocycles. The number of nitro groups is 2. The molecule has 0 aromatic heterocycles. The molecule has 0 spiro atoms. The second-order valence-electron chi connectivity index (χ2n) is 7.42. The van der Waals surface area contributed by atoms with E-state index in [4.69, 9.17) is 0 Å². The minimum absolute atomic E-state index is 0.0972. The lowest BCUT2D eigenvalue weighted by Gasteiger charge is -2.23. The molecule has 0 saturated heterocycles. The molecule has 0 saturated carbocycles. The molecule has 0 radical (unpaired) electrons. The average Bonchev–Trinajstić information content (AvgIpc) is 2.75. The van der Waals surface area contributed by atoms with Gasteiger partial charge in [-0.05, 0) is 26.0 Å². The number of anilines is 4. The molecule has 2 aromatic rings. The van der Waals surface area contributed by atoms with Crippen LogP contribution in [-0.2, 0) is 19.2 Å². The Morgan fingerprint density at radius 1 is 0.636 bits per heavy atom. The van der Waals surface area contributed by atoms with Crippen LogP contribution in [0.4, 0.5) is 34.1 Å². The fourth-order valence-electron chi connectivity index (χ4n) is 2.73. The maximum atomic E-state index is 12.8. The molecule has 3 rings (SSSR count). The van der Waals surface area contributed by atoms with Crippen molar-refractivity contribution < 1.29 is 29.0 Å². The van der Waals surface area contributed by atoms with Gasteiger partial charge in [0.15, 0.2) is 0 Å². The number of carbonyl (C=O) groups is 4. The average molecular weight is 456 g/mol.